The predicted octanol–water partition coefficient (Wildman–Crippen LogP) is 6.26. The fraction of sp³-hybridized carbons (Fsp3) is 1.00. The average Bonchev–Trinajstić information content (AvgIpc) is 2.51. The van der Waals surface area contributed by atoms with Crippen LogP contribution in [0.1, 0.15) is 70.6 Å². The highest BCUT2D eigenvalue weighted by atomic mass is 127. The lowest BCUT2D eigenvalue weighted by Gasteiger charge is -2.41. The van der Waals surface area contributed by atoms with E-state index in [9.17, 15) is 8.78 Å². The molecule has 3 aliphatic rings. The molecule has 0 aromatic rings. The van der Waals surface area contributed by atoms with E-state index in [1.54, 1.807) is 0 Å². The molecule has 0 N–H and O–H groups in total. The average molecular weight is 410 g/mol. The summed E-state index contributed by atoms with van der Waals surface area (Å²) in [6.07, 6.45) is 10.5. The van der Waals surface area contributed by atoms with Crippen molar-refractivity contribution in [1.82, 2.24) is 0 Å². The summed E-state index contributed by atoms with van der Waals surface area (Å²) < 4.78 is 27.8. The quantitative estimate of drug-likeness (QED) is 0.372. The molecule has 0 amide bonds. The molecule has 0 spiro atoms. The Balaban J connectivity index is 1.45. The van der Waals surface area contributed by atoms with Crippen molar-refractivity contribution in [1.29, 1.82) is 0 Å². The molecule has 0 aromatic heterocycles. The maximum atomic E-state index is 13.6. The maximum Gasteiger partial charge on any atom is 0.131 e. The van der Waals surface area contributed by atoms with Crippen LogP contribution in [0.25, 0.3) is 0 Å². The molecule has 3 unspecified atom stereocenters. The van der Waals surface area contributed by atoms with Crippen molar-refractivity contribution in [3.8, 4) is 0 Å². The molecule has 3 rings (SSSR count). The zero-order chi connectivity index (χ0) is 14.8. The highest BCUT2D eigenvalue weighted by Crippen LogP contribution is 2.45. The summed E-state index contributed by atoms with van der Waals surface area (Å²) in [6.45, 7) is 0. The summed E-state index contributed by atoms with van der Waals surface area (Å²) in [5.74, 6) is 3.06. The van der Waals surface area contributed by atoms with E-state index in [2.05, 4.69) is 22.6 Å². The van der Waals surface area contributed by atoms with Crippen molar-refractivity contribution >= 4 is 22.6 Å². The first kappa shape index (κ1) is 16.4. The maximum absolute atomic E-state index is 13.6. The third kappa shape index (κ3) is 4.11. The van der Waals surface area contributed by atoms with Gasteiger partial charge in [0.2, 0.25) is 0 Å². The van der Waals surface area contributed by atoms with E-state index < -0.39 is 12.3 Å². The van der Waals surface area contributed by atoms with Crippen LogP contribution in [0.5, 0.6) is 0 Å². The second kappa shape index (κ2) is 7.44. The fourth-order valence-electron chi connectivity index (χ4n) is 5.17. The zero-order valence-electron chi connectivity index (χ0n) is 13.0. The van der Waals surface area contributed by atoms with Crippen molar-refractivity contribution in [2.24, 2.45) is 23.7 Å². The molecule has 0 bridgehead atoms. The minimum absolute atomic E-state index is 0.464. The van der Waals surface area contributed by atoms with Gasteiger partial charge in [-0.05, 0) is 94.3 Å². The van der Waals surface area contributed by atoms with Crippen LogP contribution in [-0.2, 0) is 0 Å². The van der Waals surface area contributed by atoms with Crippen LogP contribution in [0.3, 0.4) is 0 Å². The first-order valence-corrected chi connectivity index (χ1v) is 10.3. The van der Waals surface area contributed by atoms with E-state index in [-0.39, 0.29) is 0 Å². The molecule has 0 aliphatic heterocycles. The van der Waals surface area contributed by atoms with E-state index in [1.807, 2.05) is 0 Å². The third-order valence-electron chi connectivity index (χ3n) is 6.58. The molecule has 0 saturated heterocycles. The van der Waals surface area contributed by atoms with Crippen LogP contribution >= 0.6 is 22.6 Å². The Bertz CT molecular complexity index is 319. The molecule has 21 heavy (non-hydrogen) atoms. The van der Waals surface area contributed by atoms with E-state index in [4.69, 9.17) is 0 Å². The normalized spacial score (nSPS) is 49.0. The Hall–Kier alpha value is 0.590. The van der Waals surface area contributed by atoms with Gasteiger partial charge in [0.05, 0.1) is 0 Å². The third-order valence-corrected chi connectivity index (χ3v) is 7.83. The van der Waals surface area contributed by atoms with Crippen molar-refractivity contribution in [2.45, 2.75) is 86.9 Å². The van der Waals surface area contributed by atoms with Gasteiger partial charge in [0.25, 0.3) is 0 Å². The van der Waals surface area contributed by atoms with Gasteiger partial charge in [0.1, 0.15) is 12.3 Å². The Morgan fingerprint density at radius 1 is 0.524 bits per heavy atom. The minimum Gasteiger partial charge on any atom is -0.244 e. The number of alkyl halides is 3. The van der Waals surface area contributed by atoms with E-state index in [1.165, 1.54) is 51.4 Å². The van der Waals surface area contributed by atoms with Crippen LogP contribution in [0, 0.1) is 23.7 Å². The zero-order valence-corrected chi connectivity index (χ0v) is 15.1. The molecule has 3 fully saturated rings. The molecule has 0 aromatic carbocycles. The minimum atomic E-state index is -1.18. The molecule has 3 aliphatic carbocycles. The summed E-state index contributed by atoms with van der Waals surface area (Å²) in [6, 6.07) is 0. The number of halogens is 3. The second-order valence-corrected chi connectivity index (χ2v) is 9.55. The molecule has 3 heteroatoms. The molecule has 122 valence electrons. The smallest absolute Gasteiger partial charge is 0.131 e. The standard InChI is InChI=1S/C18H29F2I/c19-17-10-7-15(11-18(17)20)14-3-1-12(2-4-14)13-5-8-16(21)9-6-13/h12-18H,1-11H2. The van der Waals surface area contributed by atoms with Crippen LogP contribution in [0.15, 0.2) is 0 Å². The fourth-order valence-corrected chi connectivity index (χ4v) is 5.89. The van der Waals surface area contributed by atoms with Crippen LogP contribution < -0.4 is 0 Å². The van der Waals surface area contributed by atoms with Crippen LogP contribution in [0.2, 0.25) is 0 Å². The van der Waals surface area contributed by atoms with Gasteiger partial charge in [0, 0.05) is 3.92 Å². The molecular weight excluding hydrogens is 381 g/mol. The SMILES string of the molecule is FC1CCC(C2CCC(C3CCC(I)CC3)CC2)CC1F. The van der Waals surface area contributed by atoms with Gasteiger partial charge < -0.3 is 0 Å². The van der Waals surface area contributed by atoms with Gasteiger partial charge in [-0.1, -0.05) is 22.6 Å². The van der Waals surface area contributed by atoms with Gasteiger partial charge in [0.15, 0.2) is 0 Å². The first-order valence-electron chi connectivity index (χ1n) is 9.05. The second-order valence-electron chi connectivity index (χ2n) is 7.79. The van der Waals surface area contributed by atoms with Gasteiger partial charge in [-0.2, -0.15) is 0 Å². The molecule has 3 saturated carbocycles. The predicted molar refractivity (Wildman–Crippen MR) is 92.3 cm³/mol. The highest BCUT2D eigenvalue weighted by molar-refractivity contribution is 14.1. The molecule has 3 atom stereocenters. The van der Waals surface area contributed by atoms with Crippen molar-refractivity contribution < 1.29 is 8.78 Å². The van der Waals surface area contributed by atoms with Gasteiger partial charge in [-0.15, -0.1) is 0 Å². The van der Waals surface area contributed by atoms with Crippen LogP contribution in [-0.4, -0.2) is 16.3 Å². The Kier molecular flexibility index (Phi) is 5.83. The van der Waals surface area contributed by atoms with Gasteiger partial charge >= 0.3 is 0 Å². The lowest BCUT2D eigenvalue weighted by molar-refractivity contribution is 0.0488. The Labute approximate surface area is 142 Å². The van der Waals surface area contributed by atoms with Crippen LogP contribution in [0.4, 0.5) is 8.78 Å². The topological polar surface area (TPSA) is 0 Å². The Morgan fingerprint density at radius 2 is 0.952 bits per heavy atom. The largest absolute Gasteiger partial charge is 0.244 e. The molecule has 0 radical (unpaired) electrons. The molecule has 0 heterocycles. The van der Waals surface area contributed by atoms with Crippen molar-refractivity contribution in [2.75, 3.05) is 0 Å². The number of hydrogen-bond donors (Lipinski definition) is 0. The van der Waals surface area contributed by atoms with E-state index in [0.717, 1.165) is 22.2 Å². The number of rotatable bonds is 2. The summed E-state index contributed by atoms with van der Waals surface area (Å²) in [5, 5.41) is 0. The summed E-state index contributed by atoms with van der Waals surface area (Å²) in [4.78, 5) is 0. The lowest BCUT2D eigenvalue weighted by atomic mass is 9.66. The highest BCUT2D eigenvalue weighted by Gasteiger charge is 2.37. The monoisotopic (exact) mass is 410 g/mol. The van der Waals surface area contributed by atoms with E-state index in [0.29, 0.717) is 24.7 Å². The van der Waals surface area contributed by atoms with Crippen molar-refractivity contribution in [3.05, 3.63) is 0 Å². The molecule has 0 nitrogen and oxygen atoms in total. The first-order chi connectivity index (χ1) is 10.1. The van der Waals surface area contributed by atoms with Gasteiger partial charge in [-0.3, -0.25) is 0 Å². The summed E-state index contributed by atoms with van der Waals surface area (Å²) >= 11 is 2.61. The van der Waals surface area contributed by atoms with Crippen molar-refractivity contribution in [3.63, 3.8) is 0 Å². The molecular formula is C18H29F2I. The summed E-state index contributed by atoms with van der Waals surface area (Å²) in [5.41, 5.74) is 0. The number of hydrogen-bond acceptors (Lipinski definition) is 0. The van der Waals surface area contributed by atoms with E-state index >= 15 is 0 Å². The summed E-state index contributed by atoms with van der Waals surface area (Å²) in [7, 11) is 0. The van der Waals surface area contributed by atoms with Gasteiger partial charge in [-0.25, -0.2) is 8.78 Å². The Morgan fingerprint density at radius 3 is 1.48 bits per heavy atom. The lowest BCUT2D eigenvalue weighted by Crippen LogP contribution is -2.34.